The molecule has 2 heterocycles. The first-order valence-corrected chi connectivity index (χ1v) is 14.0. The standard InChI is InChI=1S/C32H36N6O3/c1-21-10-14-25(15-11-21)30(32(40)33-19-27-8-6-18-41-27)38(28-9-5-7-23(3)24(28)4)29(39)20-37-35-31(34-36-37)26-16-12-22(2)13-17-26/h5,7,9-17,27,30H,6,8,18-20H2,1-4H3,(H,33,40)/t27-,30-/m1/s1. The van der Waals surface area contributed by atoms with E-state index in [-0.39, 0.29) is 24.5 Å². The molecule has 1 aromatic heterocycles. The van der Waals surface area contributed by atoms with Crippen LogP contribution in [0.4, 0.5) is 5.69 Å². The second kappa shape index (κ2) is 12.4. The predicted octanol–water partition coefficient (Wildman–Crippen LogP) is 4.64. The number of anilines is 1. The number of nitrogens with one attached hydrogen (secondary N) is 1. The van der Waals surface area contributed by atoms with E-state index in [1.165, 1.54) is 4.80 Å². The zero-order valence-electron chi connectivity index (χ0n) is 24.0. The fraction of sp³-hybridized carbons (Fsp3) is 0.344. The Morgan fingerprint density at radius 3 is 2.39 bits per heavy atom. The van der Waals surface area contributed by atoms with Crippen LogP contribution in [0, 0.1) is 27.7 Å². The van der Waals surface area contributed by atoms with Crippen LogP contribution in [0.1, 0.15) is 46.7 Å². The maximum atomic E-state index is 14.2. The lowest BCUT2D eigenvalue weighted by Crippen LogP contribution is -2.47. The van der Waals surface area contributed by atoms with E-state index in [0.717, 1.165) is 40.7 Å². The van der Waals surface area contributed by atoms with E-state index in [4.69, 9.17) is 4.74 Å². The van der Waals surface area contributed by atoms with Crippen molar-refractivity contribution in [3.63, 3.8) is 0 Å². The maximum Gasteiger partial charge on any atom is 0.251 e. The van der Waals surface area contributed by atoms with Gasteiger partial charge in [0.05, 0.1) is 6.10 Å². The third kappa shape index (κ3) is 6.52. The van der Waals surface area contributed by atoms with Gasteiger partial charge in [0.15, 0.2) is 0 Å². The molecular formula is C32H36N6O3. The minimum atomic E-state index is -0.912. The maximum absolute atomic E-state index is 14.2. The van der Waals surface area contributed by atoms with Gasteiger partial charge in [-0.25, -0.2) is 0 Å². The van der Waals surface area contributed by atoms with Gasteiger partial charge >= 0.3 is 0 Å². The normalized spacial score (nSPS) is 15.5. The number of carbonyl (C=O) groups is 2. The van der Waals surface area contributed by atoms with Crippen molar-refractivity contribution >= 4 is 17.5 Å². The number of hydrogen-bond donors (Lipinski definition) is 1. The highest BCUT2D eigenvalue weighted by Crippen LogP contribution is 2.32. The molecule has 1 saturated heterocycles. The Kier molecular flexibility index (Phi) is 8.54. The van der Waals surface area contributed by atoms with Crippen LogP contribution < -0.4 is 10.2 Å². The fourth-order valence-corrected chi connectivity index (χ4v) is 5.02. The van der Waals surface area contributed by atoms with E-state index < -0.39 is 6.04 Å². The largest absolute Gasteiger partial charge is 0.376 e. The Hall–Kier alpha value is -4.37. The molecule has 1 fully saturated rings. The molecule has 5 rings (SSSR count). The molecule has 0 aliphatic carbocycles. The molecule has 4 aromatic rings. The second-order valence-corrected chi connectivity index (χ2v) is 10.7. The van der Waals surface area contributed by atoms with Crippen molar-refractivity contribution in [1.82, 2.24) is 25.5 Å². The van der Waals surface area contributed by atoms with E-state index in [0.29, 0.717) is 30.2 Å². The van der Waals surface area contributed by atoms with Crippen LogP contribution >= 0.6 is 0 Å². The van der Waals surface area contributed by atoms with Gasteiger partial charge in [-0.1, -0.05) is 71.8 Å². The number of aromatic nitrogens is 4. The molecule has 0 bridgehead atoms. The van der Waals surface area contributed by atoms with Gasteiger partial charge in [-0.05, 0) is 68.5 Å². The van der Waals surface area contributed by atoms with Crippen LogP contribution in [-0.2, 0) is 20.9 Å². The number of hydrogen-bond acceptors (Lipinski definition) is 6. The molecule has 9 nitrogen and oxygen atoms in total. The van der Waals surface area contributed by atoms with E-state index in [2.05, 4.69) is 20.7 Å². The van der Waals surface area contributed by atoms with Crippen LogP contribution in [0.2, 0.25) is 0 Å². The number of nitrogens with zero attached hydrogens (tertiary/aromatic N) is 5. The smallest absolute Gasteiger partial charge is 0.251 e. The Morgan fingerprint density at radius 1 is 1.00 bits per heavy atom. The summed E-state index contributed by atoms with van der Waals surface area (Å²) in [6, 6.07) is 20.4. The summed E-state index contributed by atoms with van der Waals surface area (Å²) in [5, 5.41) is 15.9. The Bertz CT molecular complexity index is 1510. The Labute approximate surface area is 240 Å². The summed E-state index contributed by atoms with van der Waals surface area (Å²) < 4.78 is 5.73. The van der Waals surface area contributed by atoms with Crippen LogP contribution in [0.15, 0.2) is 66.7 Å². The van der Waals surface area contributed by atoms with E-state index in [1.54, 1.807) is 4.90 Å². The number of rotatable bonds is 9. The first kappa shape index (κ1) is 28.2. The van der Waals surface area contributed by atoms with Crippen molar-refractivity contribution in [2.24, 2.45) is 0 Å². The lowest BCUT2D eigenvalue weighted by molar-refractivity contribution is -0.127. The average molecular weight is 553 g/mol. The van der Waals surface area contributed by atoms with Crippen molar-refractivity contribution in [1.29, 1.82) is 0 Å². The Balaban J connectivity index is 1.51. The second-order valence-electron chi connectivity index (χ2n) is 10.7. The quantitative estimate of drug-likeness (QED) is 0.325. The van der Waals surface area contributed by atoms with Crippen LogP contribution in [0.3, 0.4) is 0 Å². The summed E-state index contributed by atoms with van der Waals surface area (Å²) in [5.41, 5.74) is 6.30. The first-order chi connectivity index (χ1) is 19.8. The summed E-state index contributed by atoms with van der Waals surface area (Å²) in [4.78, 5) is 31.0. The van der Waals surface area contributed by atoms with E-state index >= 15 is 0 Å². The molecule has 212 valence electrons. The average Bonchev–Trinajstić information content (AvgIpc) is 3.66. The third-order valence-corrected chi connectivity index (χ3v) is 7.57. The highest BCUT2D eigenvalue weighted by molar-refractivity contribution is 6.01. The van der Waals surface area contributed by atoms with Crippen molar-refractivity contribution in [2.75, 3.05) is 18.1 Å². The Morgan fingerprint density at radius 2 is 1.71 bits per heavy atom. The van der Waals surface area contributed by atoms with Crippen molar-refractivity contribution < 1.29 is 14.3 Å². The highest BCUT2D eigenvalue weighted by atomic mass is 16.5. The summed E-state index contributed by atoms with van der Waals surface area (Å²) in [7, 11) is 0. The van der Waals surface area contributed by atoms with Gasteiger partial charge in [-0.3, -0.25) is 14.5 Å². The summed E-state index contributed by atoms with van der Waals surface area (Å²) in [6.45, 7) is 8.86. The van der Waals surface area contributed by atoms with Gasteiger partial charge in [-0.15, -0.1) is 10.2 Å². The molecule has 1 aliphatic rings. The van der Waals surface area contributed by atoms with Crippen LogP contribution in [0.25, 0.3) is 11.4 Å². The van der Waals surface area contributed by atoms with E-state index in [9.17, 15) is 9.59 Å². The lowest BCUT2D eigenvalue weighted by Gasteiger charge is -2.33. The number of amides is 2. The molecule has 1 aliphatic heterocycles. The fourth-order valence-electron chi connectivity index (χ4n) is 5.02. The predicted molar refractivity (Wildman–Crippen MR) is 157 cm³/mol. The van der Waals surface area contributed by atoms with Crippen LogP contribution in [0.5, 0.6) is 0 Å². The molecule has 0 unspecified atom stereocenters. The van der Waals surface area contributed by atoms with Gasteiger partial charge in [0.1, 0.15) is 12.6 Å². The van der Waals surface area contributed by atoms with Gasteiger partial charge in [0.25, 0.3) is 5.91 Å². The van der Waals surface area contributed by atoms with Crippen molar-refractivity contribution in [2.45, 2.75) is 59.2 Å². The number of benzene rings is 3. The summed E-state index contributed by atoms with van der Waals surface area (Å²) >= 11 is 0. The molecule has 9 heteroatoms. The van der Waals surface area contributed by atoms with Crippen molar-refractivity contribution in [3.05, 3.63) is 94.5 Å². The third-order valence-electron chi connectivity index (χ3n) is 7.57. The summed E-state index contributed by atoms with van der Waals surface area (Å²) in [5.74, 6) is -0.171. The van der Waals surface area contributed by atoms with Gasteiger partial charge < -0.3 is 10.1 Å². The molecule has 1 N–H and O–H groups in total. The molecule has 0 spiro atoms. The lowest BCUT2D eigenvalue weighted by atomic mass is 9.99. The molecule has 41 heavy (non-hydrogen) atoms. The molecule has 2 atom stereocenters. The van der Waals surface area contributed by atoms with Gasteiger partial charge in [0.2, 0.25) is 11.7 Å². The first-order valence-electron chi connectivity index (χ1n) is 14.0. The van der Waals surface area contributed by atoms with Gasteiger partial charge in [-0.2, -0.15) is 4.80 Å². The zero-order chi connectivity index (χ0) is 28.9. The topological polar surface area (TPSA) is 102 Å². The summed E-state index contributed by atoms with van der Waals surface area (Å²) in [6.07, 6.45) is 1.85. The van der Waals surface area contributed by atoms with Crippen LogP contribution in [-0.4, -0.2) is 51.3 Å². The monoisotopic (exact) mass is 552 g/mol. The van der Waals surface area contributed by atoms with Crippen molar-refractivity contribution in [3.8, 4) is 11.4 Å². The molecular weight excluding hydrogens is 516 g/mol. The molecule has 3 aromatic carbocycles. The van der Waals surface area contributed by atoms with E-state index in [1.807, 2.05) is 94.4 Å². The molecule has 2 amide bonds. The minimum absolute atomic E-state index is 0.0259. The van der Waals surface area contributed by atoms with Gasteiger partial charge in [0, 0.05) is 24.4 Å². The molecule has 0 radical (unpaired) electrons. The number of carbonyl (C=O) groups excluding carboxylic acids is 2. The number of ether oxygens (including phenoxy) is 1. The number of aryl methyl sites for hydroxylation is 3. The minimum Gasteiger partial charge on any atom is -0.376 e. The highest BCUT2D eigenvalue weighted by Gasteiger charge is 2.34. The molecule has 0 saturated carbocycles. The zero-order valence-corrected chi connectivity index (χ0v) is 24.0. The number of tetrazole rings is 1. The SMILES string of the molecule is Cc1ccc(-c2nnn(CC(=O)N(c3cccc(C)c3C)[C@@H](C(=O)NC[C@H]3CCCO3)c3ccc(C)cc3)n2)cc1.